The highest BCUT2D eigenvalue weighted by molar-refractivity contribution is 5.87. The fourth-order valence-corrected chi connectivity index (χ4v) is 2.81. The molecule has 1 aromatic carbocycles. The molecule has 1 heterocycles. The molecule has 0 unspecified atom stereocenters. The second-order valence-electron chi connectivity index (χ2n) is 6.41. The first-order valence-electron chi connectivity index (χ1n) is 8.80. The van der Waals surface area contributed by atoms with Gasteiger partial charge >= 0.3 is 18.1 Å². The van der Waals surface area contributed by atoms with Gasteiger partial charge in [0.25, 0.3) is 0 Å². The lowest BCUT2D eigenvalue weighted by Gasteiger charge is -2.19. The Bertz CT molecular complexity index is 884. The predicted molar refractivity (Wildman–Crippen MR) is 97.8 cm³/mol. The number of nitrogens with zero attached hydrogens (tertiary/aromatic N) is 2. The van der Waals surface area contributed by atoms with E-state index < -0.39 is 18.1 Å². The van der Waals surface area contributed by atoms with Crippen LogP contribution in [0.15, 0.2) is 24.3 Å². The number of fused-ring (bicyclic) bond motifs is 1. The lowest BCUT2D eigenvalue weighted by atomic mass is 9.96. The summed E-state index contributed by atoms with van der Waals surface area (Å²) in [5.41, 5.74) is 3.74. The van der Waals surface area contributed by atoms with Crippen LogP contribution >= 0.6 is 0 Å². The smallest absolute Gasteiger partial charge is 0.478 e. The van der Waals surface area contributed by atoms with Crippen LogP contribution in [0.4, 0.5) is 19.0 Å². The van der Waals surface area contributed by atoms with Gasteiger partial charge in [-0.1, -0.05) is 12.1 Å². The topological polar surface area (TPSA) is 112 Å². The molecule has 3 rings (SSSR count). The lowest BCUT2D eigenvalue weighted by Crippen LogP contribution is -2.21. The number of aromatic carboxylic acids is 1. The molecule has 0 aliphatic heterocycles. The van der Waals surface area contributed by atoms with Crippen LogP contribution in [0, 0.1) is 6.92 Å². The molecule has 10 heteroatoms. The summed E-state index contributed by atoms with van der Waals surface area (Å²) < 4.78 is 31.7. The largest absolute Gasteiger partial charge is 0.490 e. The van der Waals surface area contributed by atoms with Gasteiger partial charge in [0.05, 0.1) is 5.56 Å². The number of rotatable bonds is 4. The molecule has 0 atom stereocenters. The second-order valence-corrected chi connectivity index (χ2v) is 6.41. The summed E-state index contributed by atoms with van der Waals surface area (Å²) in [6, 6.07) is 6.91. The Labute approximate surface area is 164 Å². The van der Waals surface area contributed by atoms with Crippen molar-refractivity contribution >= 4 is 17.8 Å². The van der Waals surface area contributed by atoms with Gasteiger partial charge in [-0.25, -0.2) is 19.6 Å². The van der Waals surface area contributed by atoms with Crippen molar-refractivity contribution in [2.75, 3.05) is 5.32 Å². The molecule has 0 spiro atoms. The Kier molecular flexibility index (Phi) is 7.13. The summed E-state index contributed by atoms with van der Waals surface area (Å²) >= 11 is 0. The van der Waals surface area contributed by atoms with Crippen molar-refractivity contribution in [3.63, 3.8) is 0 Å². The van der Waals surface area contributed by atoms with Crippen molar-refractivity contribution in [1.82, 2.24) is 9.97 Å². The summed E-state index contributed by atoms with van der Waals surface area (Å²) in [7, 11) is 0. The van der Waals surface area contributed by atoms with Crippen molar-refractivity contribution in [3.8, 4) is 0 Å². The van der Waals surface area contributed by atoms with E-state index in [1.54, 1.807) is 12.1 Å². The predicted octanol–water partition coefficient (Wildman–Crippen LogP) is 3.61. The maximum absolute atomic E-state index is 10.9. The molecule has 0 saturated carbocycles. The molecule has 0 bridgehead atoms. The Balaban J connectivity index is 0.000000370. The third kappa shape index (κ3) is 6.44. The zero-order chi connectivity index (χ0) is 21.6. The van der Waals surface area contributed by atoms with Gasteiger partial charge in [0, 0.05) is 17.8 Å². The molecule has 0 fully saturated rings. The van der Waals surface area contributed by atoms with Crippen LogP contribution in [-0.4, -0.2) is 38.3 Å². The van der Waals surface area contributed by atoms with E-state index in [-0.39, 0.29) is 0 Å². The normalized spacial score (nSPS) is 13.0. The highest BCUT2D eigenvalue weighted by atomic mass is 19.4. The number of aromatic nitrogens is 2. The molecule has 0 amide bonds. The van der Waals surface area contributed by atoms with Gasteiger partial charge in [0.15, 0.2) is 0 Å². The van der Waals surface area contributed by atoms with E-state index in [0.717, 1.165) is 30.0 Å². The fraction of sp³-hybridized carbons (Fsp3) is 0.368. The van der Waals surface area contributed by atoms with Gasteiger partial charge in [-0.05, 0) is 50.3 Å². The van der Waals surface area contributed by atoms with Crippen LogP contribution in [0.25, 0.3) is 0 Å². The van der Waals surface area contributed by atoms with Crippen molar-refractivity contribution in [3.05, 3.63) is 52.5 Å². The zero-order valence-electron chi connectivity index (χ0n) is 15.6. The molecular formula is C19H20F3N3O4. The van der Waals surface area contributed by atoms with Gasteiger partial charge < -0.3 is 15.5 Å². The molecule has 2 aromatic rings. The number of aliphatic carboxylic acids is 1. The molecule has 1 aromatic heterocycles. The zero-order valence-corrected chi connectivity index (χ0v) is 15.6. The average Bonchev–Trinajstić information content (AvgIpc) is 2.66. The second kappa shape index (κ2) is 9.35. The summed E-state index contributed by atoms with van der Waals surface area (Å²) in [6.45, 7) is 2.55. The van der Waals surface area contributed by atoms with Crippen molar-refractivity contribution in [1.29, 1.82) is 0 Å². The molecule has 1 aliphatic rings. The first-order chi connectivity index (χ1) is 13.6. The van der Waals surface area contributed by atoms with Crippen LogP contribution in [0.1, 0.15) is 45.8 Å². The maximum Gasteiger partial charge on any atom is 0.490 e. The van der Waals surface area contributed by atoms with Crippen LogP contribution in [0.2, 0.25) is 0 Å². The molecule has 0 radical (unpaired) electrons. The van der Waals surface area contributed by atoms with E-state index in [9.17, 15) is 18.0 Å². The van der Waals surface area contributed by atoms with Gasteiger partial charge in [-0.2, -0.15) is 13.2 Å². The number of carboxylic acid groups (broad SMARTS) is 2. The number of benzene rings is 1. The molecule has 3 N–H and O–H groups in total. The van der Waals surface area contributed by atoms with E-state index in [2.05, 4.69) is 15.3 Å². The molecule has 156 valence electrons. The number of carboxylic acids is 2. The minimum atomic E-state index is -5.08. The Hall–Kier alpha value is -3.17. The molecule has 0 saturated heterocycles. The van der Waals surface area contributed by atoms with Crippen LogP contribution in [0.3, 0.4) is 0 Å². The van der Waals surface area contributed by atoms with Crippen molar-refractivity contribution in [2.24, 2.45) is 0 Å². The minimum Gasteiger partial charge on any atom is -0.478 e. The van der Waals surface area contributed by atoms with Crippen LogP contribution in [0.5, 0.6) is 0 Å². The SMILES string of the molecule is Cc1nc2c(c(NCc3ccc(C(=O)O)cc3)n1)CCCC2.O=C(O)C(F)(F)F. The summed E-state index contributed by atoms with van der Waals surface area (Å²) in [5, 5.41) is 19.4. The van der Waals surface area contributed by atoms with Crippen molar-refractivity contribution in [2.45, 2.75) is 45.3 Å². The number of hydrogen-bond acceptors (Lipinski definition) is 5. The maximum atomic E-state index is 10.9. The quantitative estimate of drug-likeness (QED) is 0.705. The number of aryl methyl sites for hydroxylation is 2. The van der Waals surface area contributed by atoms with E-state index in [1.807, 2.05) is 19.1 Å². The third-order valence-corrected chi connectivity index (χ3v) is 4.20. The number of alkyl halides is 3. The number of hydrogen-bond donors (Lipinski definition) is 3. The van der Waals surface area contributed by atoms with Gasteiger partial charge in [0.1, 0.15) is 11.6 Å². The van der Waals surface area contributed by atoms with Crippen LogP contribution in [-0.2, 0) is 24.2 Å². The molecule has 7 nitrogen and oxygen atoms in total. The Morgan fingerprint density at radius 1 is 1.07 bits per heavy atom. The van der Waals surface area contributed by atoms with E-state index in [1.165, 1.54) is 24.1 Å². The standard InChI is InChI=1S/C17H19N3O2.C2HF3O2/c1-11-19-15-5-3-2-4-14(15)16(20-11)18-10-12-6-8-13(9-7-12)17(21)22;3-2(4,5)1(6)7/h6-9H,2-5,10H2,1H3,(H,21,22)(H,18,19,20);(H,6,7). The molecular weight excluding hydrogens is 391 g/mol. The van der Waals surface area contributed by atoms with E-state index >= 15 is 0 Å². The summed E-state index contributed by atoms with van der Waals surface area (Å²) in [5.74, 6) is -1.94. The van der Waals surface area contributed by atoms with Crippen LogP contribution < -0.4 is 5.32 Å². The first kappa shape index (κ1) is 22.1. The monoisotopic (exact) mass is 411 g/mol. The number of anilines is 1. The van der Waals surface area contributed by atoms with Gasteiger partial charge in [0.2, 0.25) is 0 Å². The van der Waals surface area contributed by atoms with E-state index in [4.69, 9.17) is 15.0 Å². The lowest BCUT2D eigenvalue weighted by molar-refractivity contribution is -0.192. The minimum absolute atomic E-state index is 0.305. The summed E-state index contributed by atoms with van der Waals surface area (Å²) in [4.78, 5) is 28.8. The number of nitrogens with one attached hydrogen (secondary N) is 1. The highest BCUT2D eigenvalue weighted by Crippen LogP contribution is 2.25. The first-order valence-corrected chi connectivity index (χ1v) is 8.80. The fourth-order valence-electron chi connectivity index (χ4n) is 2.81. The Morgan fingerprint density at radius 3 is 2.21 bits per heavy atom. The Morgan fingerprint density at radius 2 is 1.66 bits per heavy atom. The molecule has 29 heavy (non-hydrogen) atoms. The number of halogens is 3. The van der Waals surface area contributed by atoms with Gasteiger partial charge in [-0.15, -0.1) is 0 Å². The van der Waals surface area contributed by atoms with E-state index in [0.29, 0.717) is 12.1 Å². The highest BCUT2D eigenvalue weighted by Gasteiger charge is 2.38. The number of carbonyl (C=O) groups is 2. The summed E-state index contributed by atoms with van der Waals surface area (Å²) in [6.07, 6.45) is -0.655. The molecule has 1 aliphatic carbocycles. The average molecular weight is 411 g/mol. The van der Waals surface area contributed by atoms with Crippen molar-refractivity contribution < 1.29 is 33.0 Å². The van der Waals surface area contributed by atoms with Gasteiger partial charge in [-0.3, -0.25) is 0 Å². The third-order valence-electron chi connectivity index (χ3n) is 4.20.